The quantitative estimate of drug-likeness (QED) is 0.586. The van der Waals surface area contributed by atoms with Gasteiger partial charge in [-0.1, -0.05) is 30.3 Å². The van der Waals surface area contributed by atoms with Crippen molar-refractivity contribution >= 4 is 11.9 Å². The number of aliphatic imine (C=N–C) groups is 1. The number of nitrogens with one attached hydrogen (secondary N) is 1. The van der Waals surface area contributed by atoms with E-state index < -0.39 is 0 Å². The van der Waals surface area contributed by atoms with Crippen LogP contribution in [-0.2, 0) is 24.3 Å². The van der Waals surface area contributed by atoms with Gasteiger partial charge in [0.15, 0.2) is 17.5 Å². The molecule has 7 heteroatoms. The standard InChI is InChI=1S/C21H26N4O3/c1-27-18-8-7-15(11-19(18)28-2)12-23-21(22)24-13-20(26)25-10-9-16-5-3-4-6-17(16)14-25/h3-8,11H,9-10,12-14H2,1-2H3,(H3,22,23,24). The Morgan fingerprint density at radius 1 is 1.14 bits per heavy atom. The van der Waals surface area contributed by atoms with Gasteiger partial charge in [-0.05, 0) is 35.2 Å². The molecule has 2 aromatic rings. The Hall–Kier alpha value is -3.22. The second-order valence-corrected chi connectivity index (χ2v) is 6.58. The first kappa shape index (κ1) is 19.5. The van der Waals surface area contributed by atoms with Crippen LogP contribution in [0.5, 0.6) is 11.5 Å². The van der Waals surface area contributed by atoms with Crippen LogP contribution in [0.25, 0.3) is 0 Å². The first-order chi connectivity index (χ1) is 13.6. The number of hydrogen-bond acceptors (Lipinski definition) is 4. The molecule has 7 nitrogen and oxygen atoms in total. The zero-order chi connectivity index (χ0) is 19.9. The van der Waals surface area contributed by atoms with Gasteiger partial charge in [0, 0.05) is 13.1 Å². The summed E-state index contributed by atoms with van der Waals surface area (Å²) < 4.78 is 10.5. The van der Waals surface area contributed by atoms with Crippen molar-refractivity contribution in [2.45, 2.75) is 19.5 Å². The van der Waals surface area contributed by atoms with E-state index in [0.717, 1.165) is 18.5 Å². The lowest BCUT2D eigenvalue weighted by Crippen LogP contribution is -2.44. The number of methoxy groups -OCH3 is 2. The van der Waals surface area contributed by atoms with Gasteiger partial charge in [-0.2, -0.15) is 0 Å². The number of fused-ring (bicyclic) bond motifs is 1. The average molecular weight is 382 g/mol. The van der Waals surface area contributed by atoms with Crippen molar-refractivity contribution in [3.05, 3.63) is 59.2 Å². The molecule has 0 atom stereocenters. The predicted octanol–water partition coefficient (Wildman–Crippen LogP) is 1.69. The molecule has 0 saturated carbocycles. The molecule has 0 radical (unpaired) electrons. The van der Waals surface area contributed by atoms with Crippen LogP contribution in [0, 0.1) is 0 Å². The highest BCUT2D eigenvalue weighted by Gasteiger charge is 2.20. The Morgan fingerprint density at radius 3 is 2.64 bits per heavy atom. The summed E-state index contributed by atoms with van der Waals surface area (Å²) in [5.41, 5.74) is 9.37. The van der Waals surface area contributed by atoms with Gasteiger partial charge in [-0.3, -0.25) is 4.79 Å². The summed E-state index contributed by atoms with van der Waals surface area (Å²) in [6.45, 7) is 1.87. The van der Waals surface area contributed by atoms with E-state index in [-0.39, 0.29) is 18.4 Å². The minimum atomic E-state index is 0.0127. The lowest BCUT2D eigenvalue weighted by atomic mass is 10.00. The van der Waals surface area contributed by atoms with Crippen LogP contribution in [0.1, 0.15) is 16.7 Å². The Balaban J connectivity index is 1.51. The smallest absolute Gasteiger partial charge is 0.242 e. The minimum Gasteiger partial charge on any atom is -0.493 e. The molecule has 0 bridgehead atoms. The van der Waals surface area contributed by atoms with Gasteiger partial charge in [-0.15, -0.1) is 0 Å². The zero-order valence-electron chi connectivity index (χ0n) is 16.3. The van der Waals surface area contributed by atoms with Crippen molar-refractivity contribution in [1.82, 2.24) is 10.2 Å². The number of guanidine groups is 1. The second-order valence-electron chi connectivity index (χ2n) is 6.58. The molecule has 1 amide bonds. The SMILES string of the molecule is COc1ccc(CN=C(N)NCC(=O)N2CCc3ccccc3C2)cc1OC. The van der Waals surface area contributed by atoms with Crippen LogP contribution >= 0.6 is 0 Å². The maximum absolute atomic E-state index is 12.5. The van der Waals surface area contributed by atoms with Gasteiger partial charge >= 0.3 is 0 Å². The van der Waals surface area contributed by atoms with Gasteiger partial charge in [-0.25, -0.2) is 4.99 Å². The molecule has 1 heterocycles. The molecule has 0 aromatic heterocycles. The first-order valence-electron chi connectivity index (χ1n) is 9.20. The van der Waals surface area contributed by atoms with Gasteiger partial charge < -0.3 is 25.4 Å². The van der Waals surface area contributed by atoms with E-state index in [1.807, 2.05) is 35.2 Å². The van der Waals surface area contributed by atoms with Crippen LogP contribution in [-0.4, -0.2) is 44.1 Å². The second kappa shape index (κ2) is 9.12. The van der Waals surface area contributed by atoms with Crippen LogP contribution in [0.4, 0.5) is 0 Å². The molecule has 0 spiro atoms. The van der Waals surface area contributed by atoms with Gasteiger partial charge in [0.05, 0.1) is 27.3 Å². The molecular formula is C21H26N4O3. The number of nitrogens with two attached hydrogens (primary N) is 1. The van der Waals surface area contributed by atoms with E-state index in [4.69, 9.17) is 15.2 Å². The number of nitrogens with zero attached hydrogens (tertiary/aromatic N) is 2. The van der Waals surface area contributed by atoms with E-state index in [2.05, 4.69) is 22.4 Å². The number of carbonyl (C=O) groups excluding carboxylic acids is 1. The van der Waals surface area contributed by atoms with Crippen molar-refractivity contribution in [2.24, 2.45) is 10.7 Å². The number of rotatable bonds is 6. The number of amides is 1. The highest BCUT2D eigenvalue weighted by atomic mass is 16.5. The van der Waals surface area contributed by atoms with E-state index >= 15 is 0 Å². The van der Waals surface area contributed by atoms with Crippen LogP contribution < -0.4 is 20.5 Å². The molecule has 148 valence electrons. The molecule has 2 aromatic carbocycles. The van der Waals surface area contributed by atoms with Gasteiger partial charge in [0.2, 0.25) is 5.91 Å². The summed E-state index contributed by atoms with van der Waals surface area (Å²) >= 11 is 0. The molecule has 28 heavy (non-hydrogen) atoms. The average Bonchev–Trinajstić information content (AvgIpc) is 2.75. The van der Waals surface area contributed by atoms with Crippen molar-refractivity contribution in [1.29, 1.82) is 0 Å². The van der Waals surface area contributed by atoms with E-state index in [9.17, 15) is 4.79 Å². The molecule has 0 fully saturated rings. The maximum Gasteiger partial charge on any atom is 0.242 e. The topological polar surface area (TPSA) is 89.2 Å². The van der Waals surface area contributed by atoms with E-state index in [1.54, 1.807) is 14.2 Å². The highest BCUT2D eigenvalue weighted by molar-refractivity contribution is 5.85. The maximum atomic E-state index is 12.5. The summed E-state index contributed by atoms with van der Waals surface area (Å²) in [7, 11) is 3.18. The molecule has 3 N–H and O–H groups in total. The molecule has 0 aliphatic carbocycles. The van der Waals surface area contributed by atoms with Crippen molar-refractivity contribution in [3.63, 3.8) is 0 Å². The fourth-order valence-corrected chi connectivity index (χ4v) is 3.20. The minimum absolute atomic E-state index is 0.0127. The molecule has 0 saturated heterocycles. The summed E-state index contributed by atoms with van der Waals surface area (Å²) in [4.78, 5) is 18.6. The Kier molecular flexibility index (Phi) is 6.37. The first-order valence-corrected chi connectivity index (χ1v) is 9.20. The molecule has 1 aliphatic rings. The Bertz CT molecular complexity index is 866. The third-order valence-electron chi connectivity index (χ3n) is 4.78. The van der Waals surface area contributed by atoms with E-state index in [1.165, 1.54) is 11.1 Å². The normalized spacial score (nSPS) is 13.6. The Labute approximate surface area is 165 Å². The van der Waals surface area contributed by atoms with Crippen molar-refractivity contribution < 1.29 is 14.3 Å². The summed E-state index contributed by atoms with van der Waals surface area (Å²) in [6, 6.07) is 13.8. The lowest BCUT2D eigenvalue weighted by molar-refractivity contribution is -0.130. The van der Waals surface area contributed by atoms with E-state index in [0.29, 0.717) is 24.6 Å². The third kappa shape index (κ3) is 4.73. The van der Waals surface area contributed by atoms with Gasteiger partial charge in [0.1, 0.15) is 0 Å². The predicted molar refractivity (Wildman–Crippen MR) is 108 cm³/mol. The summed E-state index contributed by atoms with van der Waals surface area (Å²) in [5.74, 6) is 1.55. The number of ether oxygens (including phenoxy) is 2. The van der Waals surface area contributed by atoms with Crippen LogP contribution in [0.15, 0.2) is 47.5 Å². The largest absolute Gasteiger partial charge is 0.493 e. The van der Waals surface area contributed by atoms with Crippen molar-refractivity contribution in [2.75, 3.05) is 27.3 Å². The monoisotopic (exact) mass is 382 g/mol. The third-order valence-corrected chi connectivity index (χ3v) is 4.78. The lowest BCUT2D eigenvalue weighted by Gasteiger charge is -2.29. The summed E-state index contributed by atoms with van der Waals surface area (Å²) in [6.07, 6.45) is 0.880. The fourth-order valence-electron chi connectivity index (χ4n) is 3.20. The molecule has 3 rings (SSSR count). The number of carbonyl (C=O) groups is 1. The fraction of sp³-hybridized carbons (Fsp3) is 0.333. The van der Waals surface area contributed by atoms with Crippen LogP contribution in [0.2, 0.25) is 0 Å². The zero-order valence-corrected chi connectivity index (χ0v) is 16.3. The molecular weight excluding hydrogens is 356 g/mol. The highest BCUT2D eigenvalue weighted by Crippen LogP contribution is 2.27. The van der Waals surface area contributed by atoms with Crippen LogP contribution in [0.3, 0.4) is 0 Å². The van der Waals surface area contributed by atoms with Crippen molar-refractivity contribution in [3.8, 4) is 11.5 Å². The number of benzene rings is 2. The molecule has 0 unspecified atom stereocenters. The summed E-state index contributed by atoms with van der Waals surface area (Å²) in [5, 5.41) is 2.91. The van der Waals surface area contributed by atoms with Gasteiger partial charge in [0.25, 0.3) is 0 Å². The molecule has 1 aliphatic heterocycles. The Morgan fingerprint density at radius 2 is 1.89 bits per heavy atom. The number of hydrogen-bond donors (Lipinski definition) is 2.